The number of hydrogen-bond donors (Lipinski definition) is 3. The molecule has 0 spiro atoms. The van der Waals surface area contributed by atoms with Gasteiger partial charge in [-0.2, -0.15) is 13.2 Å². The van der Waals surface area contributed by atoms with Crippen LogP contribution in [0.4, 0.5) is 13.2 Å². The molecule has 3 rings (SSSR count). The lowest BCUT2D eigenvalue weighted by Gasteiger charge is -2.19. The third-order valence-electron chi connectivity index (χ3n) is 4.99. The van der Waals surface area contributed by atoms with Crippen LogP contribution in [0.1, 0.15) is 31.7 Å². The Balaban J connectivity index is 1.49. The van der Waals surface area contributed by atoms with Gasteiger partial charge in [-0.3, -0.25) is 9.69 Å². The van der Waals surface area contributed by atoms with Gasteiger partial charge in [-0.15, -0.1) is 0 Å². The number of amides is 1. The van der Waals surface area contributed by atoms with Gasteiger partial charge < -0.3 is 20.7 Å². The number of aliphatic imine (C=N–C) groups is 1. The molecular weight excluding hydrogens is 411 g/mol. The number of carbonyl (C=O) groups is 1. The summed E-state index contributed by atoms with van der Waals surface area (Å²) in [6, 6.07) is 7.58. The van der Waals surface area contributed by atoms with Crippen molar-refractivity contribution in [1.82, 2.24) is 20.9 Å². The normalized spacial score (nSPS) is 19.9. The zero-order valence-electron chi connectivity index (χ0n) is 17.7. The highest BCUT2D eigenvalue weighted by Gasteiger charge is 2.34. The highest BCUT2D eigenvalue weighted by atomic mass is 19.4. The van der Waals surface area contributed by atoms with Crippen LogP contribution >= 0.6 is 0 Å². The van der Waals surface area contributed by atoms with Crippen molar-refractivity contribution in [3.05, 3.63) is 29.8 Å². The maximum Gasteiger partial charge on any atom is 0.401 e. The number of hydrogen-bond acceptors (Lipinski definition) is 4. The molecule has 1 aliphatic heterocycles. The summed E-state index contributed by atoms with van der Waals surface area (Å²) in [6.45, 7) is 2.78. The molecule has 0 bridgehead atoms. The summed E-state index contributed by atoms with van der Waals surface area (Å²) in [5.74, 6) is 1.03. The predicted molar refractivity (Wildman–Crippen MR) is 112 cm³/mol. The van der Waals surface area contributed by atoms with Crippen molar-refractivity contribution in [3.8, 4) is 5.75 Å². The standard InChI is InChI=1S/C21H30F3N5O2/c1-2-25-20(28-17-8-9-29(12-17)14-21(22,23)24)26-11-15-4-3-5-18(10-15)31-13-19(30)27-16-6-7-16/h3-5,10,16-17H,2,6-9,11-14H2,1H3,(H,27,30)(H2,25,26,28). The number of carbonyl (C=O) groups excluding carboxylic acids is 1. The fourth-order valence-electron chi connectivity index (χ4n) is 3.41. The molecule has 1 unspecified atom stereocenters. The van der Waals surface area contributed by atoms with Gasteiger partial charge in [0, 0.05) is 31.7 Å². The van der Waals surface area contributed by atoms with Gasteiger partial charge in [0.1, 0.15) is 5.75 Å². The van der Waals surface area contributed by atoms with E-state index in [-0.39, 0.29) is 18.6 Å². The van der Waals surface area contributed by atoms with Crippen molar-refractivity contribution < 1.29 is 22.7 Å². The van der Waals surface area contributed by atoms with Crippen molar-refractivity contribution in [2.75, 3.05) is 32.8 Å². The van der Waals surface area contributed by atoms with Crippen LogP contribution in [0.2, 0.25) is 0 Å². The van der Waals surface area contributed by atoms with Gasteiger partial charge in [0.05, 0.1) is 13.1 Å². The second-order valence-corrected chi connectivity index (χ2v) is 7.95. The summed E-state index contributed by atoms with van der Waals surface area (Å²) in [4.78, 5) is 17.7. The van der Waals surface area contributed by atoms with Gasteiger partial charge in [0.25, 0.3) is 5.91 Å². The van der Waals surface area contributed by atoms with E-state index in [9.17, 15) is 18.0 Å². The van der Waals surface area contributed by atoms with Crippen LogP contribution in [0, 0.1) is 0 Å². The van der Waals surface area contributed by atoms with Crippen molar-refractivity contribution in [1.29, 1.82) is 0 Å². The van der Waals surface area contributed by atoms with E-state index in [1.54, 1.807) is 6.07 Å². The third-order valence-corrected chi connectivity index (χ3v) is 4.99. The van der Waals surface area contributed by atoms with E-state index in [1.165, 1.54) is 4.90 Å². The number of guanidine groups is 1. The van der Waals surface area contributed by atoms with E-state index in [4.69, 9.17) is 4.74 Å². The molecule has 10 heteroatoms. The van der Waals surface area contributed by atoms with E-state index >= 15 is 0 Å². The smallest absolute Gasteiger partial charge is 0.401 e. The number of ether oxygens (including phenoxy) is 1. The first kappa shape index (κ1) is 23.2. The van der Waals surface area contributed by atoms with E-state index in [1.807, 2.05) is 25.1 Å². The Morgan fingerprint density at radius 3 is 2.74 bits per heavy atom. The Hall–Kier alpha value is -2.49. The van der Waals surface area contributed by atoms with Crippen LogP contribution < -0.4 is 20.7 Å². The number of rotatable bonds is 9. The molecule has 0 aromatic heterocycles. The summed E-state index contributed by atoms with van der Waals surface area (Å²) in [6.07, 6.45) is -1.49. The monoisotopic (exact) mass is 441 g/mol. The van der Waals surface area contributed by atoms with E-state index in [0.29, 0.717) is 50.4 Å². The van der Waals surface area contributed by atoms with Gasteiger partial charge in [-0.25, -0.2) is 4.99 Å². The van der Waals surface area contributed by atoms with Gasteiger partial charge in [-0.05, 0) is 43.9 Å². The Bertz CT molecular complexity index is 768. The average Bonchev–Trinajstić information content (AvgIpc) is 3.42. The quantitative estimate of drug-likeness (QED) is 0.404. The molecule has 1 aromatic rings. The van der Waals surface area contributed by atoms with Crippen LogP contribution in [0.3, 0.4) is 0 Å². The topological polar surface area (TPSA) is 78.0 Å². The van der Waals surface area contributed by atoms with Crippen LogP contribution in [-0.2, 0) is 11.3 Å². The highest BCUT2D eigenvalue weighted by Crippen LogP contribution is 2.20. The van der Waals surface area contributed by atoms with E-state index in [2.05, 4.69) is 20.9 Å². The number of nitrogens with one attached hydrogen (secondary N) is 3. The molecule has 3 N–H and O–H groups in total. The zero-order valence-corrected chi connectivity index (χ0v) is 17.7. The average molecular weight is 441 g/mol. The highest BCUT2D eigenvalue weighted by molar-refractivity contribution is 5.80. The number of alkyl halides is 3. The first-order valence-electron chi connectivity index (χ1n) is 10.7. The maximum absolute atomic E-state index is 12.6. The lowest BCUT2D eigenvalue weighted by atomic mass is 10.2. The second-order valence-electron chi connectivity index (χ2n) is 7.95. The van der Waals surface area contributed by atoms with E-state index < -0.39 is 12.7 Å². The maximum atomic E-state index is 12.6. The number of benzene rings is 1. The Morgan fingerprint density at radius 2 is 2.03 bits per heavy atom. The molecular formula is C21H30F3N5O2. The van der Waals surface area contributed by atoms with Crippen molar-refractivity contribution in [2.24, 2.45) is 4.99 Å². The fraction of sp³-hybridized carbons (Fsp3) is 0.619. The predicted octanol–water partition coefficient (Wildman–Crippen LogP) is 2.04. The van der Waals surface area contributed by atoms with Crippen molar-refractivity contribution in [3.63, 3.8) is 0 Å². The fourth-order valence-corrected chi connectivity index (χ4v) is 3.41. The van der Waals surface area contributed by atoms with Crippen LogP contribution in [0.5, 0.6) is 5.75 Å². The van der Waals surface area contributed by atoms with E-state index in [0.717, 1.165) is 18.4 Å². The molecule has 1 atom stereocenters. The molecule has 1 saturated carbocycles. The van der Waals surface area contributed by atoms with Crippen LogP contribution in [0.25, 0.3) is 0 Å². The molecule has 1 amide bonds. The summed E-state index contributed by atoms with van der Waals surface area (Å²) in [5, 5.41) is 9.24. The summed E-state index contributed by atoms with van der Waals surface area (Å²) in [7, 11) is 0. The number of likely N-dealkylation sites (tertiary alicyclic amines) is 1. The van der Waals surface area contributed by atoms with Gasteiger partial charge in [-0.1, -0.05) is 12.1 Å². The van der Waals surface area contributed by atoms with Crippen LogP contribution in [0.15, 0.2) is 29.3 Å². The lowest BCUT2D eigenvalue weighted by molar-refractivity contribution is -0.143. The molecule has 172 valence electrons. The molecule has 2 fully saturated rings. The molecule has 2 aliphatic rings. The first-order chi connectivity index (χ1) is 14.8. The summed E-state index contributed by atoms with van der Waals surface area (Å²) >= 11 is 0. The van der Waals surface area contributed by atoms with Crippen molar-refractivity contribution >= 4 is 11.9 Å². The SMILES string of the molecule is CCNC(=NCc1cccc(OCC(=O)NC2CC2)c1)NC1CCN(CC(F)(F)F)C1. The number of halogens is 3. The Labute approximate surface area is 180 Å². The number of nitrogens with zero attached hydrogens (tertiary/aromatic N) is 2. The molecule has 0 radical (unpaired) electrons. The largest absolute Gasteiger partial charge is 0.484 e. The van der Waals surface area contributed by atoms with Gasteiger partial charge in [0.2, 0.25) is 0 Å². The first-order valence-corrected chi connectivity index (χ1v) is 10.7. The second kappa shape index (κ2) is 10.7. The minimum atomic E-state index is -4.18. The van der Waals surface area contributed by atoms with Gasteiger partial charge in [0.15, 0.2) is 12.6 Å². The minimum Gasteiger partial charge on any atom is -0.484 e. The lowest BCUT2D eigenvalue weighted by Crippen LogP contribution is -2.45. The molecule has 1 aromatic carbocycles. The van der Waals surface area contributed by atoms with Crippen LogP contribution in [-0.4, -0.2) is 67.8 Å². The Kier molecular flexibility index (Phi) is 8.00. The van der Waals surface area contributed by atoms with Gasteiger partial charge >= 0.3 is 6.18 Å². The third kappa shape index (κ3) is 8.64. The molecule has 31 heavy (non-hydrogen) atoms. The molecule has 1 saturated heterocycles. The molecule has 1 heterocycles. The summed E-state index contributed by atoms with van der Waals surface area (Å²) in [5.41, 5.74) is 0.905. The zero-order chi connectivity index (χ0) is 22.3. The summed E-state index contributed by atoms with van der Waals surface area (Å²) < 4.78 is 43.3. The Morgan fingerprint density at radius 1 is 1.23 bits per heavy atom. The van der Waals surface area contributed by atoms with Crippen molar-refractivity contribution in [2.45, 2.75) is 51.0 Å². The molecule has 1 aliphatic carbocycles. The minimum absolute atomic E-state index is 0.0243. The molecule has 7 nitrogen and oxygen atoms in total.